The Morgan fingerprint density at radius 1 is 1.07 bits per heavy atom. The highest BCUT2D eigenvalue weighted by molar-refractivity contribution is 7.98. The van der Waals surface area contributed by atoms with Crippen LogP contribution in [0.5, 0.6) is 0 Å². The fraction of sp³-hybridized carbons (Fsp3) is 0.485. The minimum atomic E-state index is -1.15. The van der Waals surface area contributed by atoms with Crippen LogP contribution in [0.2, 0.25) is 0 Å². The molecule has 2 N–H and O–H groups in total. The molecule has 42 heavy (non-hydrogen) atoms. The van der Waals surface area contributed by atoms with Crippen molar-refractivity contribution in [2.45, 2.75) is 67.3 Å². The van der Waals surface area contributed by atoms with E-state index in [1.165, 1.54) is 12.0 Å². The summed E-state index contributed by atoms with van der Waals surface area (Å²) in [4.78, 5) is 46.9. The monoisotopic (exact) mass is 588 g/mol. The zero-order chi connectivity index (χ0) is 29.3. The van der Waals surface area contributed by atoms with E-state index in [9.17, 15) is 14.4 Å². The van der Waals surface area contributed by atoms with Crippen molar-refractivity contribution in [3.05, 3.63) is 72.3 Å². The molecule has 1 aliphatic carbocycles. The second-order valence-corrected chi connectivity index (χ2v) is 12.9. The van der Waals surface area contributed by atoms with E-state index in [0.717, 1.165) is 37.1 Å². The number of ether oxygens (including phenoxy) is 1. The Morgan fingerprint density at radius 2 is 1.86 bits per heavy atom. The number of amides is 3. The van der Waals surface area contributed by atoms with E-state index < -0.39 is 29.6 Å². The first kappa shape index (κ1) is 29.0. The van der Waals surface area contributed by atoms with Gasteiger partial charge in [0.05, 0.1) is 17.9 Å². The van der Waals surface area contributed by atoms with Gasteiger partial charge in [-0.3, -0.25) is 14.4 Å². The number of anilines is 1. The third-order valence-electron chi connectivity index (χ3n) is 9.23. The minimum Gasteiger partial charge on any atom is -0.359 e. The zero-order valence-electron chi connectivity index (χ0n) is 24.3. The summed E-state index contributed by atoms with van der Waals surface area (Å²) in [6.45, 7) is 1.69. The topological polar surface area (TPSA) is 91.0 Å². The second kappa shape index (κ2) is 12.2. The fourth-order valence-electron chi connectivity index (χ4n) is 7.21. The van der Waals surface area contributed by atoms with Crippen LogP contribution < -0.4 is 10.6 Å². The average Bonchev–Trinajstić information content (AvgIpc) is 3.64. The van der Waals surface area contributed by atoms with Gasteiger partial charge in [-0.2, -0.15) is 0 Å². The molecular weight excluding hydrogens is 548 g/mol. The van der Waals surface area contributed by atoms with Gasteiger partial charge in [0.1, 0.15) is 11.6 Å². The number of nitrogens with one attached hydrogen (secondary N) is 2. The van der Waals surface area contributed by atoms with Crippen molar-refractivity contribution in [1.29, 1.82) is 0 Å². The number of likely N-dealkylation sites (tertiary alicyclic amines) is 1. The zero-order valence-corrected chi connectivity index (χ0v) is 25.1. The first-order valence-corrected chi connectivity index (χ1v) is 16.3. The van der Waals surface area contributed by atoms with Gasteiger partial charge < -0.3 is 25.2 Å². The first-order chi connectivity index (χ1) is 20.4. The van der Waals surface area contributed by atoms with Gasteiger partial charge in [0, 0.05) is 36.3 Å². The number of carbonyl (C=O) groups is 3. The van der Waals surface area contributed by atoms with Crippen molar-refractivity contribution in [3.63, 3.8) is 0 Å². The number of hydrogen-bond donors (Lipinski definition) is 2. The number of carbonyl (C=O) groups excluding carboxylic acids is 3. The summed E-state index contributed by atoms with van der Waals surface area (Å²) in [7, 11) is 2.02. The molecule has 2 saturated heterocycles. The molecule has 3 fully saturated rings. The van der Waals surface area contributed by atoms with Gasteiger partial charge in [0.2, 0.25) is 17.7 Å². The lowest BCUT2D eigenvalue weighted by atomic mass is 9.74. The van der Waals surface area contributed by atoms with Crippen LogP contribution in [0.1, 0.15) is 37.7 Å². The standard InChI is InChI=1S/C33H40N4O4S/c1-36(21-22-10-5-3-6-11-22)18-19-37-29(31(39)34-23-12-7-4-8-13-23)33-17-16-26(41-33)27(28(33)32(37)40)30(38)35-24-14-9-15-25(20-24)42-2/h3,5-6,9-11,14-17,20,23,26-29H,4,7-8,12-13,18-19,21H2,1-2H3,(H,34,39)(H,35,38)/t26-,27-,28-,29-,33-/m1/s1. The number of fused-ring (bicyclic) bond motifs is 1. The molecule has 4 aliphatic rings. The molecule has 3 aliphatic heterocycles. The van der Waals surface area contributed by atoms with Crippen molar-refractivity contribution >= 4 is 35.2 Å². The van der Waals surface area contributed by atoms with E-state index in [-0.39, 0.29) is 23.8 Å². The van der Waals surface area contributed by atoms with E-state index in [1.807, 2.05) is 67.9 Å². The molecule has 5 atom stereocenters. The predicted octanol–water partition coefficient (Wildman–Crippen LogP) is 4.08. The normalized spacial score (nSPS) is 28.4. The Morgan fingerprint density at radius 3 is 2.62 bits per heavy atom. The number of benzene rings is 2. The lowest BCUT2D eigenvalue weighted by Gasteiger charge is -2.34. The second-order valence-electron chi connectivity index (χ2n) is 12.0. The summed E-state index contributed by atoms with van der Waals surface area (Å²) in [5, 5.41) is 6.29. The maximum atomic E-state index is 14.2. The smallest absolute Gasteiger partial charge is 0.246 e. The lowest BCUT2D eigenvalue weighted by molar-refractivity contribution is -0.141. The van der Waals surface area contributed by atoms with E-state index in [0.29, 0.717) is 18.8 Å². The van der Waals surface area contributed by atoms with Crippen LogP contribution in [0.4, 0.5) is 5.69 Å². The van der Waals surface area contributed by atoms with E-state index in [2.05, 4.69) is 27.7 Å². The molecule has 222 valence electrons. The van der Waals surface area contributed by atoms with Crippen LogP contribution >= 0.6 is 11.8 Å². The molecule has 3 amide bonds. The molecule has 1 spiro atoms. The Bertz CT molecular complexity index is 1350. The Balaban J connectivity index is 1.24. The molecule has 8 nitrogen and oxygen atoms in total. The highest BCUT2D eigenvalue weighted by atomic mass is 32.2. The summed E-state index contributed by atoms with van der Waals surface area (Å²) < 4.78 is 6.51. The van der Waals surface area contributed by atoms with Crippen molar-refractivity contribution < 1.29 is 19.1 Å². The highest BCUT2D eigenvalue weighted by Gasteiger charge is 2.72. The van der Waals surface area contributed by atoms with E-state index in [1.54, 1.807) is 16.7 Å². The third-order valence-corrected chi connectivity index (χ3v) is 9.96. The minimum absolute atomic E-state index is 0.102. The van der Waals surface area contributed by atoms with Gasteiger partial charge in [0.15, 0.2) is 0 Å². The van der Waals surface area contributed by atoms with Crippen molar-refractivity contribution in [2.24, 2.45) is 11.8 Å². The molecule has 3 heterocycles. The van der Waals surface area contributed by atoms with Gasteiger partial charge in [0.25, 0.3) is 0 Å². The van der Waals surface area contributed by atoms with Gasteiger partial charge in [-0.15, -0.1) is 11.8 Å². The Kier molecular flexibility index (Phi) is 8.43. The summed E-state index contributed by atoms with van der Waals surface area (Å²) in [6, 6.07) is 17.1. The average molecular weight is 589 g/mol. The Labute approximate surface area is 252 Å². The van der Waals surface area contributed by atoms with Crippen molar-refractivity contribution in [1.82, 2.24) is 15.1 Å². The summed E-state index contributed by atoms with van der Waals surface area (Å²) in [5.41, 5.74) is 0.716. The predicted molar refractivity (Wildman–Crippen MR) is 164 cm³/mol. The van der Waals surface area contributed by atoms with Crippen LogP contribution in [0.3, 0.4) is 0 Å². The molecule has 6 rings (SSSR count). The summed E-state index contributed by atoms with van der Waals surface area (Å²) in [5.74, 6) is -2.08. The van der Waals surface area contributed by atoms with E-state index >= 15 is 0 Å². The van der Waals surface area contributed by atoms with Gasteiger partial charge >= 0.3 is 0 Å². The van der Waals surface area contributed by atoms with Crippen molar-refractivity contribution in [2.75, 3.05) is 31.7 Å². The van der Waals surface area contributed by atoms with Gasteiger partial charge in [-0.1, -0.05) is 67.8 Å². The number of rotatable bonds is 10. The Hall–Kier alpha value is -3.14. The van der Waals surface area contributed by atoms with Crippen molar-refractivity contribution in [3.8, 4) is 0 Å². The maximum absolute atomic E-state index is 14.2. The molecule has 0 unspecified atom stereocenters. The lowest BCUT2D eigenvalue weighted by Crippen LogP contribution is -2.57. The molecular formula is C33H40N4O4S. The summed E-state index contributed by atoms with van der Waals surface area (Å²) in [6.07, 6.45) is 10.5. The molecule has 2 bridgehead atoms. The van der Waals surface area contributed by atoms with E-state index in [4.69, 9.17) is 4.74 Å². The van der Waals surface area contributed by atoms with Crippen LogP contribution in [0, 0.1) is 11.8 Å². The number of thioether (sulfide) groups is 1. The molecule has 0 radical (unpaired) electrons. The maximum Gasteiger partial charge on any atom is 0.246 e. The largest absolute Gasteiger partial charge is 0.359 e. The van der Waals surface area contributed by atoms with Crippen LogP contribution in [-0.4, -0.2) is 77.7 Å². The summed E-state index contributed by atoms with van der Waals surface area (Å²) >= 11 is 1.60. The van der Waals surface area contributed by atoms with Crippen LogP contribution in [0.15, 0.2) is 71.6 Å². The molecule has 0 aromatic heterocycles. The van der Waals surface area contributed by atoms with Gasteiger partial charge in [-0.05, 0) is 49.9 Å². The molecule has 2 aromatic rings. The quantitative estimate of drug-likeness (QED) is 0.321. The number of nitrogens with zero attached hydrogens (tertiary/aromatic N) is 2. The molecule has 1 saturated carbocycles. The van der Waals surface area contributed by atoms with Crippen LogP contribution in [-0.2, 0) is 25.7 Å². The number of likely N-dealkylation sites (N-methyl/N-ethyl adjacent to an activating group) is 1. The number of hydrogen-bond acceptors (Lipinski definition) is 6. The van der Waals surface area contributed by atoms with Gasteiger partial charge in [-0.25, -0.2) is 0 Å². The SMILES string of the molecule is CSc1cccc(NC(=O)[C@@H]2[C@H]3C=C[C@@]4(O3)[C@H]2C(=O)N(CCN(C)Cc2ccccc2)[C@@H]4C(=O)NC2CCCCC2)c1. The molecule has 2 aromatic carbocycles. The highest BCUT2D eigenvalue weighted by Crippen LogP contribution is 2.55. The third kappa shape index (κ3) is 5.50. The van der Waals surface area contributed by atoms with Crippen LogP contribution in [0.25, 0.3) is 0 Å². The molecule has 9 heteroatoms. The first-order valence-electron chi connectivity index (χ1n) is 15.0. The fourth-order valence-corrected chi connectivity index (χ4v) is 7.67.